The first kappa shape index (κ1) is 12.4. The molecular weight excluding hydrogens is 224 g/mol. The number of rotatable bonds is 5. The third-order valence-corrected chi connectivity index (χ3v) is 2.85. The Hall–Kier alpha value is -2.03. The highest BCUT2D eigenvalue weighted by Crippen LogP contribution is 2.16. The number of aliphatic imine (C=N–C) groups is 1. The predicted octanol–water partition coefficient (Wildman–Crippen LogP) is 3.38. The van der Waals surface area contributed by atoms with Crippen LogP contribution in [0.4, 0.5) is 5.69 Å². The summed E-state index contributed by atoms with van der Waals surface area (Å²) in [6.07, 6.45) is 1.71. The van der Waals surface area contributed by atoms with Gasteiger partial charge >= 0.3 is 0 Å². The van der Waals surface area contributed by atoms with Gasteiger partial charge in [0.25, 0.3) is 0 Å². The molecule has 0 radical (unpaired) electrons. The van der Waals surface area contributed by atoms with Crippen LogP contribution in [-0.4, -0.2) is 19.3 Å². The Bertz CT molecular complexity index is 488. The predicted molar refractivity (Wildman–Crippen MR) is 75.2 cm³/mol. The summed E-state index contributed by atoms with van der Waals surface area (Å²) in [6, 6.07) is 14.2. The van der Waals surface area contributed by atoms with Crippen molar-refractivity contribution >= 4 is 11.4 Å². The zero-order chi connectivity index (χ0) is 12.8. The van der Waals surface area contributed by atoms with Crippen LogP contribution in [0.2, 0.25) is 0 Å². The van der Waals surface area contributed by atoms with Gasteiger partial charge in [-0.3, -0.25) is 4.99 Å². The zero-order valence-electron chi connectivity index (χ0n) is 10.8. The lowest BCUT2D eigenvalue weighted by molar-refractivity contribution is 0.506. The average molecular weight is 242 g/mol. The SMILES string of the molecule is CN=C(C)CN(Cc1ccco1)c1ccccc1. The van der Waals surface area contributed by atoms with E-state index in [2.05, 4.69) is 22.0 Å². The Balaban J connectivity index is 2.18. The van der Waals surface area contributed by atoms with E-state index in [1.807, 2.05) is 44.3 Å². The standard InChI is InChI=1S/C15H18N2O/c1-13(16-2)11-17(12-15-9-6-10-18-15)14-7-4-3-5-8-14/h3-10H,11-12H2,1-2H3. The Labute approximate surface area is 108 Å². The molecule has 0 spiro atoms. The van der Waals surface area contributed by atoms with E-state index in [1.165, 1.54) is 5.69 Å². The van der Waals surface area contributed by atoms with Crippen molar-refractivity contribution in [2.24, 2.45) is 4.99 Å². The number of hydrogen-bond donors (Lipinski definition) is 0. The summed E-state index contributed by atoms with van der Waals surface area (Å²) < 4.78 is 5.42. The first-order chi connectivity index (χ1) is 8.79. The summed E-state index contributed by atoms with van der Waals surface area (Å²) in [5.41, 5.74) is 2.28. The molecule has 0 amide bonds. The molecule has 0 N–H and O–H groups in total. The number of nitrogens with zero attached hydrogens (tertiary/aromatic N) is 2. The smallest absolute Gasteiger partial charge is 0.123 e. The molecule has 0 fully saturated rings. The molecule has 2 aromatic rings. The third kappa shape index (κ3) is 3.23. The first-order valence-electron chi connectivity index (χ1n) is 6.04. The van der Waals surface area contributed by atoms with Crippen molar-refractivity contribution in [3.8, 4) is 0 Å². The van der Waals surface area contributed by atoms with Crippen molar-refractivity contribution < 1.29 is 4.42 Å². The monoisotopic (exact) mass is 242 g/mol. The second-order valence-corrected chi connectivity index (χ2v) is 4.23. The van der Waals surface area contributed by atoms with Crippen LogP contribution in [0.1, 0.15) is 12.7 Å². The second-order valence-electron chi connectivity index (χ2n) is 4.23. The van der Waals surface area contributed by atoms with Gasteiger partial charge in [0.2, 0.25) is 0 Å². The van der Waals surface area contributed by atoms with E-state index >= 15 is 0 Å². The molecule has 0 saturated carbocycles. The average Bonchev–Trinajstić information content (AvgIpc) is 2.92. The molecule has 0 aliphatic carbocycles. The molecule has 0 bridgehead atoms. The van der Waals surface area contributed by atoms with E-state index in [0.717, 1.165) is 24.6 Å². The van der Waals surface area contributed by atoms with E-state index in [0.29, 0.717) is 0 Å². The highest BCUT2D eigenvalue weighted by molar-refractivity contribution is 5.86. The van der Waals surface area contributed by atoms with Crippen molar-refractivity contribution in [2.45, 2.75) is 13.5 Å². The summed E-state index contributed by atoms with van der Waals surface area (Å²) in [7, 11) is 1.82. The van der Waals surface area contributed by atoms with Gasteiger partial charge in [-0.05, 0) is 31.2 Å². The summed E-state index contributed by atoms with van der Waals surface area (Å²) in [4.78, 5) is 6.48. The van der Waals surface area contributed by atoms with Gasteiger partial charge in [-0.1, -0.05) is 18.2 Å². The van der Waals surface area contributed by atoms with Crippen molar-refractivity contribution in [3.63, 3.8) is 0 Å². The number of hydrogen-bond acceptors (Lipinski definition) is 3. The minimum absolute atomic E-state index is 0.754. The van der Waals surface area contributed by atoms with Gasteiger partial charge in [0, 0.05) is 18.4 Å². The van der Waals surface area contributed by atoms with Crippen LogP contribution in [0.15, 0.2) is 58.1 Å². The Morgan fingerprint density at radius 2 is 1.94 bits per heavy atom. The van der Waals surface area contributed by atoms with Crippen LogP contribution < -0.4 is 4.90 Å². The molecule has 1 aromatic heterocycles. The van der Waals surface area contributed by atoms with E-state index in [4.69, 9.17) is 4.42 Å². The van der Waals surface area contributed by atoms with Gasteiger partial charge < -0.3 is 9.32 Å². The van der Waals surface area contributed by atoms with Crippen LogP contribution in [0.5, 0.6) is 0 Å². The van der Waals surface area contributed by atoms with E-state index in [9.17, 15) is 0 Å². The Kier molecular flexibility index (Phi) is 4.18. The fourth-order valence-corrected chi connectivity index (χ4v) is 1.81. The minimum atomic E-state index is 0.754. The van der Waals surface area contributed by atoms with Crippen molar-refractivity contribution in [3.05, 3.63) is 54.5 Å². The summed E-state index contributed by atoms with van der Waals surface area (Å²) in [6.45, 7) is 3.60. The van der Waals surface area contributed by atoms with Crippen LogP contribution in [-0.2, 0) is 6.54 Å². The van der Waals surface area contributed by atoms with Crippen molar-refractivity contribution in [1.29, 1.82) is 0 Å². The van der Waals surface area contributed by atoms with Crippen LogP contribution >= 0.6 is 0 Å². The highest BCUT2D eigenvalue weighted by Gasteiger charge is 2.09. The molecule has 0 aliphatic heterocycles. The number of anilines is 1. The van der Waals surface area contributed by atoms with Gasteiger partial charge in [-0.25, -0.2) is 0 Å². The molecule has 0 atom stereocenters. The molecule has 18 heavy (non-hydrogen) atoms. The quantitative estimate of drug-likeness (QED) is 0.752. The fourth-order valence-electron chi connectivity index (χ4n) is 1.81. The van der Waals surface area contributed by atoms with Gasteiger partial charge in [0.15, 0.2) is 0 Å². The topological polar surface area (TPSA) is 28.7 Å². The van der Waals surface area contributed by atoms with Crippen molar-refractivity contribution in [2.75, 3.05) is 18.5 Å². The Morgan fingerprint density at radius 1 is 1.17 bits per heavy atom. The summed E-state index contributed by atoms with van der Waals surface area (Å²) in [5.74, 6) is 0.961. The molecule has 94 valence electrons. The Morgan fingerprint density at radius 3 is 2.56 bits per heavy atom. The van der Waals surface area contributed by atoms with E-state index in [-0.39, 0.29) is 0 Å². The number of para-hydroxylation sites is 1. The van der Waals surface area contributed by atoms with E-state index in [1.54, 1.807) is 6.26 Å². The molecule has 0 unspecified atom stereocenters. The maximum Gasteiger partial charge on any atom is 0.123 e. The maximum absolute atomic E-state index is 5.42. The lowest BCUT2D eigenvalue weighted by Gasteiger charge is -2.23. The normalized spacial score (nSPS) is 11.6. The molecule has 0 saturated heterocycles. The number of benzene rings is 1. The zero-order valence-corrected chi connectivity index (χ0v) is 10.8. The fraction of sp³-hybridized carbons (Fsp3) is 0.267. The molecule has 3 nitrogen and oxygen atoms in total. The molecule has 3 heteroatoms. The molecule has 2 rings (SSSR count). The largest absolute Gasteiger partial charge is 0.467 e. The van der Waals surface area contributed by atoms with Gasteiger partial charge in [-0.15, -0.1) is 0 Å². The number of furan rings is 1. The molecular formula is C15H18N2O. The first-order valence-corrected chi connectivity index (χ1v) is 6.04. The lowest BCUT2D eigenvalue weighted by atomic mass is 10.2. The van der Waals surface area contributed by atoms with Gasteiger partial charge in [0.05, 0.1) is 19.4 Å². The van der Waals surface area contributed by atoms with Crippen molar-refractivity contribution in [1.82, 2.24) is 0 Å². The molecule has 1 heterocycles. The third-order valence-electron chi connectivity index (χ3n) is 2.85. The summed E-state index contributed by atoms with van der Waals surface area (Å²) in [5, 5.41) is 0. The van der Waals surface area contributed by atoms with Crippen LogP contribution in [0.3, 0.4) is 0 Å². The van der Waals surface area contributed by atoms with Crippen LogP contribution in [0, 0.1) is 0 Å². The second kappa shape index (κ2) is 6.05. The lowest BCUT2D eigenvalue weighted by Crippen LogP contribution is -2.28. The highest BCUT2D eigenvalue weighted by atomic mass is 16.3. The van der Waals surface area contributed by atoms with Gasteiger partial charge in [0.1, 0.15) is 5.76 Å². The minimum Gasteiger partial charge on any atom is -0.467 e. The maximum atomic E-state index is 5.42. The summed E-state index contributed by atoms with van der Waals surface area (Å²) >= 11 is 0. The van der Waals surface area contributed by atoms with Gasteiger partial charge in [-0.2, -0.15) is 0 Å². The molecule has 1 aromatic carbocycles. The van der Waals surface area contributed by atoms with Crippen LogP contribution in [0.25, 0.3) is 0 Å². The molecule has 0 aliphatic rings. The van der Waals surface area contributed by atoms with E-state index < -0.39 is 0 Å².